The second-order valence-electron chi connectivity index (χ2n) is 4.81. The zero-order valence-electron chi connectivity index (χ0n) is 9.71. The molecule has 2 heterocycles. The SMILES string of the molecule is CC(NCC1CCCCS1)C1CCOC1. The summed E-state index contributed by atoms with van der Waals surface area (Å²) in [5.74, 6) is 2.12. The normalized spacial score (nSPS) is 34.2. The molecule has 3 heteroatoms. The minimum absolute atomic E-state index is 0.634. The summed E-state index contributed by atoms with van der Waals surface area (Å²) in [5.41, 5.74) is 0. The molecule has 0 aromatic heterocycles. The Labute approximate surface area is 97.5 Å². The molecule has 0 aromatic rings. The Hall–Kier alpha value is 0.270. The van der Waals surface area contributed by atoms with E-state index in [0.717, 1.165) is 24.4 Å². The summed E-state index contributed by atoms with van der Waals surface area (Å²) < 4.78 is 5.42. The minimum Gasteiger partial charge on any atom is -0.381 e. The standard InChI is InChI=1S/C12H23NOS/c1-10(11-5-6-14-9-11)13-8-12-4-2-3-7-15-12/h10-13H,2-9H2,1H3. The molecule has 3 unspecified atom stereocenters. The van der Waals surface area contributed by atoms with Crippen LogP contribution < -0.4 is 5.32 Å². The van der Waals surface area contributed by atoms with Gasteiger partial charge in [-0.05, 0) is 37.9 Å². The lowest BCUT2D eigenvalue weighted by Crippen LogP contribution is -2.38. The van der Waals surface area contributed by atoms with E-state index < -0.39 is 0 Å². The van der Waals surface area contributed by atoms with Crippen molar-refractivity contribution in [3.63, 3.8) is 0 Å². The van der Waals surface area contributed by atoms with Crippen molar-refractivity contribution in [1.29, 1.82) is 0 Å². The van der Waals surface area contributed by atoms with Gasteiger partial charge in [0.15, 0.2) is 0 Å². The van der Waals surface area contributed by atoms with Crippen LogP contribution in [0.5, 0.6) is 0 Å². The largest absolute Gasteiger partial charge is 0.381 e. The van der Waals surface area contributed by atoms with Crippen molar-refractivity contribution in [3.05, 3.63) is 0 Å². The molecule has 0 saturated carbocycles. The van der Waals surface area contributed by atoms with Crippen LogP contribution in [0.15, 0.2) is 0 Å². The summed E-state index contributed by atoms with van der Waals surface area (Å²) in [4.78, 5) is 0. The maximum atomic E-state index is 5.42. The average Bonchev–Trinajstić information content (AvgIpc) is 2.81. The van der Waals surface area contributed by atoms with E-state index in [4.69, 9.17) is 4.74 Å². The van der Waals surface area contributed by atoms with Gasteiger partial charge in [-0.1, -0.05) is 6.42 Å². The number of hydrogen-bond donors (Lipinski definition) is 1. The van der Waals surface area contributed by atoms with Crippen molar-refractivity contribution in [2.75, 3.05) is 25.5 Å². The van der Waals surface area contributed by atoms with Gasteiger partial charge in [0, 0.05) is 24.4 Å². The van der Waals surface area contributed by atoms with Crippen LogP contribution in [0.3, 0.4) is 0 Å². The Morgan fingerprint density at radius 3 is 3.00 bits per heavy atom. The van der Waals surface area contributed by atoms with E-state index in [1.807, 2.05) is 0 Å². The molecule has 0 aliphatic carbocycles. The molecule has 2 fully saturated rings. The fourth-order valence-electron chi connectivity index (χ4n) is 2.40. The first kappa shape index (κ1) is 11.7. The molecule has 3 atom stereocenters. The number of thioether (sulfide) groups is 1. The van der Waals surface area contributed by atoms with Gasteiger partial charge in [0.25, 0.3) is 0 Å². The van der Waals surface area contributed by atoms with E-state index in [-0.39, 0.29) is 0 Å². The van der Waals surface area contributed by atoms with E-state index in [1.165, 1.54) is 38.0 Å². The van der Waals surface area contributed by atoms with E-state index in [2.05, 4.69) is 24.0 Å². The van der Waals surface area contributed by atoms with Crippen molar-refractivity contribution in [3.8, 4) is 0 Å². The van der Waals surface area contributed by atoms with Gasteiger partial charge in [-0.15, -0.1) is 0 Å². The second-order valence-corrected chi connectivity index (χ2v) is 6.22. The van der Waals surface area contributed by atoms with Crippen LogP contribution in [0.4, 0.5) is 0 Å². The summed E-state index contributed by atoms with van der Waals surface area (Å²) in [6.45, 7) is 5.44. The van der Waals surface area contributed by atoms with Gasteiger partial charge in [0.2, 0.25) is 0 Å². The van der Waals surface area contributed by atoms with Gasteiger partial charge < -0.3 is 10.1 Å². The van der Waals surface area contributed by atoms with Gasteiger partial charge in [0.1, 0.15) is 0 Å². The first-order valence-corrected chi connectivity index (χ1v) is 7.34. The highest BCUT2D eigenvalue weighted by atomic mass is 32.2. The zero-order valence-corrected chi connectivity index (χ0v) is 10.5. The van der Waals surface area contributed by atoms with Crippen LogP contribution in [0.2, 0.25) is 0 Å². The predicted octanol–water partition coefficient (Wildman–Crippen LogP) is 2.29. The maximum Gasteiger partial charge on any atom is 0.0509 e. The Morgan fingerprint density at radius 2 is 2.33 bits per heavy atom. The molecule has 2 nitrogen and oxygen atoms in total. The highest BCUT2D eigenvalue weighted by Gasteiger charge is 2.23. The summed E-state index contributed by atoms with van der Waals surface area (Å²) in [5, 5.41) is 4.56. The van der Waals surface area contributed by atoms with Crippen molar-refractivity contribution in [2.24, 2.45) is 5.92 Å². The first-order valence-electron chi connectivity index (χ1n) is 6.29. The van der Waals surface area contributed by atoms with Crippen LogP contribution in [0.1, 0.15) is 32.6 Å². The third kappa shape index (κ3) is 3.65. The maximum absolute atomic E-state index is 5.42. The van der Waals surface area contributed by atoms with Gasteiger partial charge in [-0.2, -0.15) is 11.8 Å². The Balaban J connectivity index is 1.63. The number of ether oxygens (including phenoxy) is 1. The lowest BCUT2D eigenvalue weighted by atomic mass is 10.0. The van der Waals surface area contributed by atoms with E-state index in [0.29, 0.717) is 6.04 Å². The van der Waals surface area contributed by atoms with E-state index in [1.54, 1.807) is 0 Å². The quantitative estimate of drug-likeness (QED) is 0.799. The molecular formula is C12H23NOS. The monoisotopic (exact) mass is 229 g/mol. The third-order valence-corrected chi connectivity index (χ3v) is 5.01. The molecule has 2 rings (SSSR count). The van der Waals surface area contributed by atoms with Gasteiger partial charge >= 0.3 is 0 Å². The molecule has 15 heavy (non-hydrogen) atoms. The molecule has 1 N–H and O–H groups in total. The second kappa shape index (κ2) is 6.12. The number of nitrogens with one attached hydrogen (secondary N) is 1. The molecule has 2 saturated heterocycles. The highest BCUT2D eigenvalue weighted by Crippen LogP contribution is 2.25. The zero-order chi connectivity index (χ0) is 10.5. The molecule has 0 spiro atoms. The van der Waals surface area contributed by atoms with Crippen molar-refractivity contribution in [1.82, 2.24) is 5.32 Å². The number of hydrogen-bond acceptors (Lipinski definition) is 3. The molecule has 0 bridgehead atoms. The molecule has 2 aliphatic rings. The molecule has 2 aliphatic heterocycles. The van der Waals surface area contributed by atoms with Gasteiger partial charge in [0.05, 0.1) is 6.61 Å². The van der Waals surface area contributed by atoms with Crippen molar-refractivity contribution in [2.45, 2.75) is 43.9 Å². The highest BCUT2D eigenvalue weighted by molar-refractivity contribution is 7.99. The van der Waals surface area contributed by atoms with Crippen LogP contribution in [-0.4, -0.2) is 36.8 Å². The average molecular weight is 229 g/mol. The fourth-order valence-corrected chi connectivity index (χ4v) is 3.65. The Kier molecular flexibility index (Phi) is 4.79. The molecule has 0 aromatic carbocycles. The molecule has 0 radical (unpaired) electrons. The van der Waals surface area contributed by atoms with Gasteiger partial charge in [-0.25, -0.2) is 0 Å². The molecular weight excluding hydrogens is 206 g/mol. The lowest BCUT2D eigenvalue weighted by Gasteiger charge is -2.25. The fraction of sp³-hybridized carbons (Fsp3) is 1.00. The third-order valence-electron chi connectivity index (χ3n) is 3.61. The van der Waals surface area contributed by atoms with Crippen molar-refractivity contribution < 1.29 is 4.74 Å². The minimum atomic E-state index is 0.634. The van der Waals surface area contributed by atoms with E-state index >= 15 is 0 Å². The van der Waals surface area contributed by atoms with Crippen LogP contribution >= 0.6 is 11.8 Å². The summed E-state index contributed by atoms with van der Waals surface area (Å²) >= 11 is 2.15. The topological polar surface area (TPSA) is 21.3 Å². The van der Waals surface area contributed by atoms with Crippen LogP contribution in [0.25, 0.3) is 0 Å². The van der Waals surface area contributed by atoms with Crippen molar-refractivity contribution >= 4 is 11.8 Å². The number of rotatable bonds is 4. The molecule has 88 valence electrons. The van der Waals surface area contributed by atoms with Gasteiger partial charge in [-0.3, -0.25) is 0 Å². The first-order chi connectivity index (χ1) is 7.36. The van der Waals surface area contributed by atoms with Crippen LogP contribution in [0, 0.1) is 5.92 Å². The smallest absolute Gasteiger partial charge is 0.0509 e. The Morgan fingerprint density at radius 1 is 1.40 bits per heavy atom. The summed E-state index contributed by atoms with van der Waals surface area (Å²) in [6.07, 6.45) is 5.50. The van der Waals surface area contributed by atoms with E-state index in [9.17, 15) is 0 Å². The Bertz CT molecular complexity index is 176. The van der Waals surface area contributed by atoms with Crippen LogP contribution in [-0.2, 0) is 4.74 Å². The lowest BCUT2D eigenvalue weighted by molar-refractivity contribution is 0.178. The predicted molar refractivity (Wildman–Crippen MR) is 66.5 cm³/mol. The summed E-state index contributed by atoms with van der Waals surface area (Å²) in [6, 6.07) is 0.634. The molecule has 0 amide bonds. The summed E-state index contributed by atoms with van der Waals surface area (Å²) in [7, 11) is 0.